The van der Waals surface area contributed by atoms with E-state index in [4.69, 9.17) is 0 Å². The summed E-state index contributed by atoms with van der Waals surface area (Å²) in [4.78, 5) is 30.8. The van der Waals surface area contributed by atoms with Gasteiger partial charge in [0.15, 0.2) is 12.1 Å². The van der Waals surface area contributed by atoms with E-state index >= 15 is 0 Å². The summed E-state index contributed by atoms with van der Waals surface area (Å²) in [5, 5.41) is 38.0. The van der Waals surface area contributed by atoms with Gasteiger partial charge in [-0.1, -0.05) is 45.9 Å². The summed E-state index contributed by atoms with van der Waals surface area (Å²) in [6.45, 7) is 0. The van der Waals surface area contributed by atoms with Crippen molar-refractivity contribution in [1.29, 1.82) is 0 Å². The second-order valence-electron chi connectivity index (χ2n) is 5.95. The van der Waals surface area contributed by atoms with Crippen LogP contribution in [0, 0.1) is 0 Å². The molecule has 2 aromatic carbocycles. The predicted molar refractivity (Wildman–Crippen MR) is 119 cm³/mol. The van der Waals surface area contributed by atoms with Gasteiger partial charge in [0.1, 0.15) is 11.5 Å². The zero-order valence-corrected chi connectivity index (χ0v) is 17.3. The van der Waals surface area contributed by atoms with Gasteiger partial charge >= 0.3 is 11.9 Å². The van der Waals surface area contributed by atoms with Crippen LogP contribution >= 0.6 is 21.6 Å². The average Bonchev–Trinajstić information content (AvgIpc) is 2.71. The quantitative estimate of drug-likeness (QED) is 0.234. The van der Waals surface area contributed by atoms with E-state index in [0.717, 1.165) is 0 Å². The van der Waals surface area contributed by atoms with Crippen molar-refractivity contribution in [1.82, 2.24) is 0 Å². The third-order valence-electron chi connectivity index (χ3n) is 3.77. The number of phenols is 2. The van der Waals surface area contributed by atoms with Crippen LogP contribution in [0.2, 0.25) is 0 Å². The summed E-state index contributed by atoms with van der Waals surface area (Å²) in [6, 6.07) is 10.8. The Morgan fingerprint density at radius 1 is 0.767 bits per heavy atom. The van der Waals surface area contributed by atoms with E-state index in [0.29, 0.717) is 11.1 Å². The lowest BCUT2D eigenvalue weighted by molar-refractivity contribution is -0.138. The Labute approximate surface area is 180 Å². The highest BCUT2D eigenvalue weighted by Gasteiger charge is 2.19. The largest absolute Gasteiger partial charge is 0.507 e. The van der Waals surface area contributed by atoms with Crippen molar-refractivity contribution in [3.63, 3.8) is 0 Å². The minimum absolute atomic E-state index is 0.000897. The lowest BCUT2D eigenvalue weighted by Gasteiger charge is -2.09. The minimum Gasteiger partial charge on any atom is -0.507 e. The van der Waals surface area contributed by atoms with Crippen LogP contribution in [0.3, 0.4) is 0 Å². The van der Waals surface area contributed by atoms with Crippen LogP contribution in [0.4, 0.5) is 0 Å². The molecule has 0 aliphatic heterocycles. The van der Waals surface area contributed by atoms with E-state index in [1.165, 1.54) is 46.1 Å². The topological polar surface area (TPSA) is 140 Å². The van der Waals surface area contributed by atoms with Gasteiger partial charge in [0.25, 0.3) is 0 Å². The molecule has 0 aliphatic rings. The normalized spacial score (nSPS) is 13.5. The molecule has 0 heterocycles. The molecular weight excluding hydrogens is 428 g/mol. The van der Waals surface area contributed by atoms with E-state index in [-0.39, 0.29) is 23.0 Å². The highest BCUT2D eigenvalue weighted by atomic mass is 33.1. The van der Waals surface area contributed by atoms with Gasteiger partial charge in [0.05, 0.1) is 0 Å². The van der Waals surface area contributed by atoms with Gasteiger partial charge in [-0.05, 0) is 24.3 Å². The highest BCUT2D eigenvalue weighted by molar-refractivity contribution is 8.76. The Morgan fingerprint density at radius 2 is 1.13 bits per heavy atom. The number of aliphatic carboxylic acids is 2. The summed E-state index contributed by atoms with van der Waals surface area (Å²) in [5.74, 6) is -2.03. The first-order valence-corrected chi connectivity index (χ1v) is 11.2. The van der Waals surface area contributed by atoms with Gasteiger partial charge < -0.3 is 20.4 Å². The molecule has 0 fully saturated rings. The van der Waals surface area contributed by atoms with Gasteiger partial charge in [0, 0.05) is 35.1 Å². The molecule has 0 saturated heterocycles. The number of aliphatic imine (C=N–C) groups is 2. The number of nitrogens with zero attached hydrogens (tertiary/aromatic N) is 2. The van der Waals surface area contributed by atoms with Gasteiger partial charge in [-0.25, -0.2) is 9.59 Å². The molecule has 30 heavy (non-hydrogen) atoms. The van der Waals surface area contributed by atoms with Gasteiger partial charge in [-0.2, -0.15) is 0 Å². The standard InChI is InChI=1S/C20H20N2O6S2/c23-17-7-3-1-5-13(17)9-21-15(19(25)26)11-29-30-12-16(20(27)28)22-10-14-6-2-4-8-18(14)24/h1-10,15-16,23-24H,11-12H2,(H,25,26)(H,27,28)/b21-9+,22-10+/t15-,16+. The van der Waals surface area contributed by atoms with Crippen molar-refractivity contribution in [3.8, 4) is 11.5 Å². The molecule has 0 bridgehead atoms. The zero-order valence-electron chi connectivity index (χ0n) is 15.7. The summed E-state index contributed by atoms with van der Waals surface area (Å²) in [5.41, 5.74) is 0.816. The average molecular weight is 449 g/mol. The minimum atomic E-state index is -1.12. The van der Waals surface area contributed by atoms with Crippen molar-refractivity contribution in [2.75, 3.05) is 11.5 Å². The van der Waals surface area contributed by atoms with E-state index in [1.807, 2.05) is 0 Å². The second kappa shape index (κ2) is 11.9. The molecule has 2 aromatic rings. The van der Waals surface area contributed by atoms with Crippen molar-refractivity contribution in [3.05, 3.63) is 59.7 Å². The molecule has 2 rings (SSSR count). The molecular formula is C20H20N2O6S2. The number of para-hydroxylation sites is 2. The van der Waals surface area contributed by atoms with Crippen LogP contribution in [-0.4, -0.2) is 68.4 Å². The molecule has 0 aromatic heterocycles. The molecule has 0 spiro atoms. The zero-order chi connectivity index (χ0) is 21.9. The second-order valence-corrected chi connectivity index (χ2v) is 8.50. The number of benzene rings is 2. The highest BCUT2D eigenvalue weighted by Crippen LogP contribution is 2.25. The molecule has 10 heteroatoms. The number of hydrogen-bond donors (Lipinski definition) is 4. The number of hydrogen-bond acceptors (Lipinski definition) is 8. The van der Waals surface area contributed by atoms with Crippen molar-refractivity contribution >= 4 is 46.0 Å². The van der Waals surface area contributed by atoms with E-state index in [2.05, 4.69) is 9.98 Å². The molecule has 0 radical (unpaired) electrons. The first-order valence-electron chi connectivity index (χ1n) is 8.71. The number of carbonyl (C=O) groups is 2. The third kappa shape index (κ3) is 7.45. The Hall–Kier alpha value is -2.98. The Balaban J connectivity index is 1.89. The fourth-order valence-electron chi connectivity index (χ4n) is 2.12. The summed E-state index contributed by atoms with van der Waals surface area (Å²) >= 11 is 0. The summed E-state index contributed by atoms with van der Waals surface area (Å²) in [6.07, 6.45) is 2.60. The maximum absolute atomic E-state index is 11.4. The van der Waals surface area contributed by atoms with Crippen LogP contribution < -0.4 is 0 Å². The van der Waals surface area contributed by atoms with Crippen LogP contribution in [0.5, 0.6) is 11.5 Å². The fraction of sp³-hybridized carbons (Fsp3) is 0.200. The van der Waals surface area contributed by atoms with Crippen LogP contribution in [0.1, 0.15) is 11.1 Å². The lowest BCUT2D eigenvalue weighted by atomic mass is 10.2. The molecule has 8 nitrogen and oxygen atoms in total. The van der Waals surface area contributed by atoms with Crippen LogP contribution in [-0.2, 0) is 9.59 Å². The van der Waals surface area contributed by atoms with Crippen molar-refractivity contribution in [2.45, 2.75) is 12.1 Å². The van der Waals surface area contributed by atoms with Gasteiger partial charge in [-0.3, -0.25) is 9.98 Å². The molecule has 0 saturated carbocycles. The first-order chi connectivity index (χ1) is 14.4. The Morgan fingerprint density at radius 3 is 1.47 bits per heavy atom. The van der Waals surface area contributed by atoms with E-state index < -0.39 is 24.0 Å². The molecule has 158 valence electrons. The number of carboxylic acids is 2. The molecule has 0 unspecified atom stereocenters. The fourth-order valence-corrected chi connectivity index (χ4v) is 4.37. The summed E-state index contributed by atoms with van der Waals surface area (Å²) in [7, 11) is 2.35. The van der Waals surface area contributed by atoms with Crippen LogP contribution in [0.25, 0.3) is 0 Å². The Kier molecular flexibility index (Phi) is 9.23. The smallest absolute Gasteiger partial charge is 0.329 e. The maximum atomic E-state index is 11.4. The van der Waals surface area contributed by atoms with E-state index in [9.17, 15) is 30.0 Å². The SMILES string of the molecule is O=C(O)[C@H](CSSC[C@@H](/N=C/c1ccccc1O)C(=O)O)/N=C/c1ccccc1O. The number of phenolic OH excluding ortho intramolecular Hbond substituents is 2. The van der Waals surface area contributed by atoms with Crippen molar-refractivity contribution in [2.24, 2.45) is 9.98 Å². The third-order valence-corrected chi connectivity index (χ3v) is 6.15. The monoisotopic (exact) mass is 448 g/mol. The number of aromatic hydroxyl groups is 2. The number of carboxylic acid groups (broad SMARTS) is 2. The van der Waals surface area contributed by atoms with E-state index in [1.54, 1.807) is 36.4 Å². The molecule has 2 atom stereocenters. The maximum Gasteiger partial charge on any atom is 0.329 e. The lowest BCUT2D eigenvalue weighted by Crippen LogP contribution is -2.22. The van der Waals surface area contributed by atoms with Gasteiger partial charge in [0.2, 0.25) is 0 Å². The molecule has 4 N–H and O–H groups in total. The van der Waals surface area contributed by atoms with Gasteiger partial charge in [-0.15, -0.1) is 0 Å². The molecule has 0 amide bonds. The van der Waals surface area contributed by atoms with Crippen molar-refractivity contribution < 1.29 is 30.0 Å². The summed E-state index contributed by atoms with van der Waals surface area (Å²) < 4.78 is 0. The number of rotatable bonds is 11. The first kappa shape index (κ1) is 23.3. The molecule has 0 aliphatic carbocycles. The Bertz CT molecular complexity index is 860. The predicted octanol–water partition coefficient (Wildman–Crippen LogP) is 2.92. The van der Waals surface area contributed by atoms with Crippen LogP contribution in [0.15, 0.2) is 58.5 Å².